The first kappa shape index (κ1) is 15.2. The van der Waals surface area contributed by atoms with Gasteiger partial charge in [0.1, 0.15) is 15.8 Å². The summed E-state index contributed by atoms with van der Waals surface area (Å²) in [4.78, 5) is 4.49. The second kappa shape index (κ2) is 7.56. The second-order valence-electron chi connectivity index (χ2n) is 4.55. The Morgan fingerprint density at radius 3 is 2.90 bits per heavy atom. The molecule has 0 aromatic carbocycles. The third-order valence-corrected chi connectivity index (χ3v) is 4.66. The van der Waals surface area contributed by atoms with Gasteiger partial charge in [-0.05, 0) is 37.7 Å². The molecule has 0 unspecified atom stereocenters. The number of nitrogens with two attached hydrogens (primary N) is 1. The first-order valence-electron chi connectivity index (χ1n) is 6.63. The maximum absolute atomic E-state index is 5.96. The molecule has 2 aromatic heterocycles. The van der Waals surface area contributed by atoms with E-state index in [0.717, 1.165) is 53.7 Å². The van der Waals surface area contributed by atoms with Crippen LogP contribution in [0.2, 0.25) is 0 Å². The number of anilines is 2. The van der Waals surface area contributed by atoms with Crippen molar-refractivity contribution in [2.24, 2.45) is 0 Å². The molecule has 0 fully saturated rings. The van der Waals surface area contributed by atoms with Crippen LogP contribution in [0.1, 0.15) is 25.0 Å². The molecule has 5 nitrogen and oxygen atoms in total. The highest BCUT2D eigenvalue weighted by Gasteiger charge is 2.16. The van der Waals surface area contributed by atoms with Crippen LogP contribution in [0.25, 0.3) is 10.6 Å². The molecular weight excluding hydrogens is 292 g/mol. The summed E-state index contributed by atoms with van der Waals surface area (Å²) in [6.45, 7) is 3.73. The summed E-state index contributed by atoms with van der Waals surface area (Å²) in [6, 6.07) is 0. The smallest absolute Gasteiger partial charge is 0.149 e. The molecule has 110 valence electrons. The zero-order chi connectivity index (χ0) is 14.4. The number of nitrogen functional groups attached to an aromatic ring is 1. The van der Waals surface area contributed by atoms with E-state index in [9.17, 15) is 0 Å². The first-order valence-corrected chi connectivity index (χ1v) is 8.28. The van der Waals surface area contributed by atoms with Crippen molar-refractivity contribution >= 4 is 33.7 Å². The molecule has 0 spiro atoms. The van der Waals surface area contributed by atoms with Gasteiger partial charge in [-0.3, -0.25) is 0 Å². The summed E-state index contributed by atoms with van der Waals surface area (Å²) < 4.78 is 9.27. The molecule has 0 bridgehead atoms. The molecule has 2 heterocycles. The van der Waals surface area contributed by atoms with Gasteiger partial charge in [0.15, 0.2) is 0 Å². The molecule has 20 heavy (non-hydrogen) atoms. The number of nitrogens with one attached hydrogen (secondary N) is 1. The highest BCUT2D eigenvalue weighted by molar-refractivity contribution is 7.15. The van der Waals surface area contributed by atoms with Crippen molar-refractivity contribution in [1.82, 2.24) is 9.36 Å². The molecule has 2 aromatic rings. The van der Waals surface area contributed by atoms with Crippen LogP contribution in [0, 0.1) is 6.92 Å². The summed E-state index contributed by atoms with van der Waals surface area (Å²) in [5, 5.41) is 7.41. The van der Waals surface area contributed by atoms with Gasteiger partial charge in [0.25, 0.3) is 0 Å². The zero-order valence-electron chi connectivity index (χ0n) is 11.8. The summed E-state index contributed by atoms with van der Waals surface area (Å²) in [5.41, 5.74) is 7.93. The van der Waals surface area contributed by atoms with Crippen LogP contribution in [0.5, 0.6) is 0 Å². The number of nitrogens with zero attached hydrogens (tertiary/aromatic N) is 2. The Labute approximate surface area is 127 Å². The third-order valence-electron chi connectivity index (χ3n) is 2.86. The maximum Gasteiger partial charge on any atom is 0.149 e. The van der Waals surface area contributed by atoms with Crippen molar-refractivity contribution in [3.8, 4) is 10.6 Å². The number of methoxy groups -OCH3 is 1. The van der Waals surface area contributed by atoms with Crippen LogP contribution in [-0.2, 0) is 4.74 Å². The van der Waals surface area contributed by atoms with Gasteiger partial charge in [-0.2, -0.15) is 4.37 Å². The first-order chi connectivity index (χ1) is 9.72. The predicted molar refractivity (Wildman–Crippen MR) is 86.6 cm³/mol. The van der Waals surface area contributed by atoms with Gasteiger partial charge in [0.2, 0.25) is 0 Å². The number of aryl methyl sites for hydroxylation is 1. The van der Waals surface area contributed by atoms with E-state index in [1.165, 1.54) is 11.5 Å². The van der Waals surface area contributed by atoms with Gasteiger partial charge in [-0.15, -0.1) is 11.3 Å². The van der Waals surface area contributed by atoms with E-state index in [4.69, 9.17) is 10.5 Å². The van der Waals surface area contributed by atoms with E-state index < -0.39 is 0 Å². The number of ether oxygens (including phenoxy) is 1. The van der Waals surface area contributed by atoms with Crippen LogP contribution in [0.3, 0.4) is 0 Å². The zero-order valence-corrected chi connectivity index (χ0v) is 13.4. The molecule has 0 aliphatic carbocycles. The van der Waals surface area contributed by atoms with E-state index in [2.05, 4.69) is 14.7 Å². The molecule has 0 amide bonds. The van der Waals surface area contributed by atoms with Crippen molar-refractivity contribution in [1.29, 1.82) is 0 Å². The van der Waals surface area contributed by atoms with Gasteiger partial charge >= 0.3 is 0 Å². The van der Waals surface area contributed by atoms with E-state index in [1.807, 2.05) is 12.3 Å². The average molecular weight is 312 g/mol. The maximum atomic E-state index is 5.96. The summed E-state index contributed by atoms with van der Waals surface area (Å²) >= 11 is 3.01. The monoisotopic (exact) mass is 312 g/mol. The van der Waals surface area contributed by atoms with Gasteiger partial charge in [-0.25, -0.2) is 4.98 Å². The molecule has 0 aliphatic rings. The Hall–Kier alpha value is -1.18. The molecule has 0 radical (unpaired) electrons. The number of hydrogen-bond acceptors (Lipinski definition) is 7. The van der Waals surface area contributed by atoms with Crippen LogP contribution in [0.4, 0.5) is 10.8 Å². The molecular formula is C13H20N4OS2. The van der Waals surface area contributed by atoms with E-state index in [1.54, 1.807) is 18.4 Å². The third kappa shape index (κ3) is 3.91. The van der Waals surface area contributed by atoms with Crippen molar-refractivity contribution in [2.75, 3.05) is 31.3 Å². The minimum absolute atomic E-state index is 0.561. The number of hydrogen-bond donors (Lipinski definition) is 2. The standard InChI is InChI=1S/C13H20N4OS2/c1-9-8-19-13(16-9)10-11(14)17-20-12(10)15-6-4-3-5-7-18-2/h8,15H,3-7H2,1-2H3,(H2,14,17). The minimum Gasteiger partial charge on any atom is -0.385 e. The lowest BCUT2D eigenvalue weighted by Crippen LogP contribution is -2.02. The van der Waals surface area contributed by atoms with E-state index in [-0.39, 0.29) is 0 Å². The van der Waals surface area contributed by atoms with E-state index in [0.29, 0.717) is 5.82 Å². The van der Waals surface area contributed by atoms with Crippen molar-refractivity contribution in [3.63, 3.8) is 0 Å². The summed E-state index contributed by atoms with van der Waals surface area (Å²) in [6.07, 6.45) is 3.36. The minimum atomic E-state index is 0.561. The molecule has 0 atom stereocenters. The normalized spacial score (nSPS) is 10.9. The van der Waals surface area contributed by atoms with Crippen LogP contribution in [0.15, 0.2) is 5.38 Å². The number of thiazole rings is 1. The topological polar surface area (TPSA) is 73.1 Å². The van der Waals surface area contributed by atoms with Crippen molar-refractivity contribution in [3.05, 3.63) is 11.1 Å². The fourth-order valence-electron chi connectivity index (χ4n) is 1.85. The quantitative estimate of drug-likeness (QED) is 0.731. The lowest BCUT2D eigenvalue weighted by molar-refractivity contribution is 0.192. The van der Waals surface area contributed by atoms with Gasteiger partial charge in [0, 0.05) is 31.3 Å². The average Bonchev–Trinajstić information content (AvgIpc) is 3.00. The fourth-order valence-corrected chi connectivity index (χ4v) is 3.51. The number of unbranched alkanes of at least 4 members (excludes halogenated alkanes) is 2. The fraction of sp³-hybridized carbons (Fsp3) is 0.538. The highest BCUT2D eigenvalue weighted by atomic mass is 32.1. The Balaban J connectivity index is 1.92. The van der Waals surface area contributed by atoms with Gasteiger partial charge in [-0.1, -0.05) is 0 Å². The van der Waals surface area contributed by atoms with Crippen LogP contribution in [-0.4, -0.2) is 29.6 Å². The Morgan fingerprint density at radius 1 is 1.35 bits per heavy atom. The lowest BCUT2D eigenvalue weighted by Gasteiger charge is -2.05. The molecule has 0 aliphatic heterocycles. The SMILES string of the molecule is COCCCCCNc1snc(N)c1-c1nc(C)cs1. The molecule has 0 saturated carbocycles. The number of aromatic nitrogens is 2. The molecule has 0 saturated heterocycles. The van der Waals surface area contributed by atoms with Gasteiger partial charge < -0.3 is 15.8 Å². The Bertz CT molecular complexity index is 538. The second-order valence-corrected chi connectivity index (χ2v) is 6.18. The van der Waals surface area contributed by atoms with E-state index >= 15 is 0 Å². The van der Waals surface area contributed by atoms with Crippen molar-refractivity contribution < 1.29 is 4.74 Å². The van der Waals surface area contributed by atoms with Gasteiger partial charge in [0.05, 0.1) is 5.56 Å². The van der Waals surface area contributed by atoms with Crippen LogP contribution >= 0.6 is 22.9 Å². The number of rotatable bonds is 8. The summed E-state index contributed by atoms with van der Waals surface area (Å²) in [5.74, 6) is 0.561. The summed E-state index contributed by atoms with van der Waals surface area (Å²) in [7, 11) is 1.74. The lowest BCUT2D eigenvalue weighted by atomic mass is 10.2. The molecule has 7 heteroatoms. The molecule has 3 N–H and O–H groups in total. The van der Waals surface area contributed by atoms with Crippen molar-refractivity contribution in [2.45, 2.75) is 26.2 Å². The predicted octanol–water partition coefficient (Wildman–Crippen LogP) is 3.39. The largest absolute Gasteiger partial charge is 0.385 e. The highest BCUT2D eigenvalue weighted by Crippen LogP contribution is 2.38. The Kier molecular flexibility index (Phi) is 5.75. The Morgan fingerprint density at radius 2 is 2.20 bits per heavy atom. The molecule has 2 rings (SSSR count). The van der Waals surface area contributed by atoms with Crippen LogP contribution < -0.4 is 11.1 Å².